The molecule has 1 unspecified atom stereocenters. The molecule has 0 spiro atoms. The highest BCUT2D eigenvalue weighted by Crippen LogP contribution is 2.31. The molecule has 1 N–H and O–H groups in total. The molecule has 0 radical (unpaired) electrons. The fourth-order valence-corrected chi connectivity index (χ4v) is 4.75. The van der Waals surface area contributed by atoms with Gasteiger partial charge in [0.05, 0.1) is 12.7 Å². The molecule has 9 nitrogen and oxygen atoms in total. The van der Waals surface area contributed by atoms with Crippen molar-refractivity contribution in [3.63, 3.8) is 0 Å². The van der Waals surface area contributed by atoms with Crippen LogP contribution in [-0.2, 0) is 6.54 Å². The van der Waals surface area contributed by atoms with Crippen LogP contribution in [0.2, 0.25) is 0 Å². The Morgan fingerprint density at radius 3 is 2.76 bits per heavy atom. The van der Waals surface area contributed by atoms with Gasteiger partial charge in [0.25, 0.3) is 0 Å². The topological polar surface area (TPSA) is 90.5 Å². The van der Waals surface area contributed by atoms with Gasteiger partial charge >= 0.3 is 0 Å². The molecule has 2 aliphatic rings. The van der Waals surface area contributed by atoms with Gasteiger partial charge in [0.1, 0.15) is 36.1 Å². The van der Waals surface area contributed by atoms with Crippen LogP contribution in [0.1, 0.15) is 24.4 Å². The number of likely N-dealkylation sites (tertiary alicyclic amines) is 1. The lowest BCUT2D eigenvalue weighted by Gasteiger charge is -2.36. The summed E-state index contributed by atoms with van der Waals surface area (Å²) in [5.41, 5.74) is 1.58. The van der Waals surface area contributed by atoms with Crippen LogP contribution in [0.3, 0.4) is 0 Å². The molecular weight excluding hydrogens is 432 g/mol. The summed E-state index contributed by atoms with van der Waals surface area (Å²) in [5.74, 6) is 4.25. The Morgan fingerprint density at radius 1 is 1.09 bits per heavy atom. The zero-order valence-corrected chi connectivity index (χ0v) is 19.2. The summed E-state index contributed by atoms with van der Waals surface area (Å²) in [5, 5.41) is 3.66. The second kappa shape index (κ2) is 8.98. The summed E-state index contributed by atoms with van der Waals surface area (Å²) >= 11 is 0. The second-order valence-electron chi connectivity index (χ2n) is 8.98. The van der Waals surface area contributed by atoms with Gasteiger partial charge in [-0.1, -0.05) is 12.1 Å². The molecule has 176 valence electrons. The van der Waals surface area contributed by atoms with Crippen LogP contribution in [-0.4, -0.2) is 62.8 Å². The van der Waals surface area contributed by atoms with Gasteiger partial charge < -0.3 is 19.2 Å². The van der Waals surface area contributed by atoms with Crippen molar-refractivity contribution in [1.29, 1.82) is 0 Å². The highest BCUT2D eigenvalue weighted by Gasteiger charge is 2.27. The lowest BCUT2D eigenvalue weighted by Crippen LogP contribution is -2.46. The first kappa shape index (κ1) is 21.0. The average Bonchev–Trinajstić information content (AvgIpc) is 3.43. The molecule has 1 fully saturated rings. The fraction of sp³-hybridized carbons (Fsp3) is 0.400. The standard InChI is InChI=1S/C25H28N6O3/c1-17-6-7-19(33-17)14-31-24-21(12-26-16-27-24)29-25(31)28-18-8-10-30(11-9-18)13-20-15-32-22-4-2-3-5-23(22)34-20/h2-7,12,16,18,20H,8-11,13-15H2,1H3,(H,28,29). The molecule has 1 aromatic carbocycles. The number of para-hydroxylation sites is 2. The summed E-state index contributed by atoms with van der Waals surface area (Å²) in [7, 11) is 0. The number of piperidine rings is 1. The van der Waals surface area contributed by atoms with Crippen molar-refractivity contribution in [3.05, 3.63) is 60.4 Å². The molecule has 2 aliphatic heterocycles. The first-order valence-electron chi connectivity index (χ1n) is 11.8. The van der Waals surface area contributed by atoms with Crippen molar-refractivity contribution in [2.75, 3.05) is 31.6 Å². The fourth-order valence-electron chi connectivity index (χ4n) is 4.75. The predicted molar refractivity (Wildman–Crippen MR) is 127 cm³/mol. The SMILES string of the molecule is Cc1ccc(Cn2c(NC3CCN(CC4COc5ccccc5O4)CC3)nc3cncnc32)o1. The van der Waals surface area contributed by atoms with E-state index in [9.17, 15) is 0 Å². The Balaban J connectivity index is 1.09. The Morgan fingerprint density at radius 2 is 1.94 bits per heavy atom. The summed E-state index contributed by atoms with van der Waals surface area (Å²) in [4.78, 5) is 15.8. The van der Waals surface area contributed by atoms with Gasteiger partial charge in [0.15, 0.2) is 17.1 Å². The highest BCUT2D eigenvalue weighted by molar-refractivity contribution is 5.73. The minimum absolute atomic E-state index is 0.0546. The van der Waals surface area contributed by atoms with Crippen LogP contribution in [0, 0.1) is 6.92 Å². The lowest BCUT2D eigenvalue weighted by molar-refractivity contribution is 0.0522. The molecule has 1 saturated heterocycles. The van der Waals surface area contributed by atoms with E-state index in [1.54, 1.807) is 12.5 Å². The van der Waals surface area contributed by atoms with E-state index in [4.69, 9.17) is 18.9 Å². The van der Waals surface area contributed by atoms with Crippen molar-refractivity contribution in [2.45, 2.75) is 38.5 Å². The van der Waals surface area contributed by atoms with Crippen molar-refractivity contribution >= 4 is 17.1 Å². The third kappa shape index (κ3) is 4.31. The van der Waals surface area contributed by atoms with Crippen LogP contribution in [0.4, 0.5) is 5.95 Å². The summed E-state index contributed by atoms with van der Waals surface area (Å²) in [6.07, 6.45) is 5.42. The Labute approximate surface area is 197 Å². The monoisotopic (exact) mass is 460 g/mol. The molecule has 0 aliphatic carbocycles. The zero-order chi connectivity index (χ0) is 22.9. The first-order valence-corrected chi connectivity index (χ1v) is 11.8. The van der Waals surface area contributed by atoms with E-state index in [2.05, 4.69) is 24.8 Å². The molecule has 4 aromatic rings. The quantitative estimate of drug-likeness (QED) is 0.468. The van der Waals surface area contributed by atoms with Gasteiger partial charge in [0, 0.05) is 25.7 Å². The predicted octanol–water partition coefficient (Wildman–Crippen LogP) is 3.49. The van der Waals surface area contributed by atoms with E-state index in [1.807, 2.05) is 43.3 Å². The van der Waals surface area contributed by atoms with Gasteiger partial charge in [-0.15, -0.1) is 0 Å². The van der Waals surface area contributed by atoms with Crippen LogP contribution in [0.25, 0.3) is 11.2 Å². The molecule has 0 saturated carbocycles. The summed E-state index contributed by atoms with van der Waals surface area (Å²) in [6.45, 7) is 5.98. The van der Waals surface area contributed by atoms with E-state index in [1.165, 1.54) is 0 Å². The number of rotatable bonds is 6. The smallest absolute Gasteiger partial charge is 0.205 e. The number of anilines is 1. The van der Waals surface area contributed by atoms with Gasteiger partial charge in [0.2, 0.25) is 5.95 Å². The Bertz CT molecular complexity index is 1280. The number of hydrogen-bond donors (Lipinski definition) is 1. The van der Waals surface area contributed by atoms with Crippen LogP contribution in [0.5, 0.6) is 11.5 Å². The van der Waals surface area contributed by atoms with E-state index >= 15 is 0 Å². The van der Waals surface area contributed by atoms with Gasteiger partial charge in [-0.3, -0.25) is 9.47 Å². The van der Waals surface area contributed by atoms with Crippen molar-refractivity contribution in [2.24, 2.45) is 0 Å². The van der Waals surface area contributed by atoms with Crippen molar-refractivity contribution in [3.8, 4) is 11.5 Å². The number of imidazole rings is 1. The largest absolute Gasteiger partial charge is 0.486 e. The maximum atomic E-state index is 6.15. The van der Waals surface area contributed by atoms with E-state index in [0.29, 0.717) is 19.2 Å². The Kier molecular flexibility index (Phi) is 5.54. The molecule has 9 heteroatoms. The molecule has 0 bridgehead atoms. The highest BCUT2D eigenvalue weighted by atomic mass is 16.6. The second-order valence-corrected chi connectivity index (χ2v) is 8.98. The van der Waals surface area contributed by atoms with Crippen LogP contribution in [0.15, 0.2) is 53.3 Å². The van der Waals surface area contributed by atoms with Gasteiger partial charge in [-0.05, 0) is 44.0 Å². The number of ether oxygens (including phenoxy) is 2. The lowest BCUT2D eigenvalue weighted by atomic mass is 10.0. The van der Waals surface area contributed by atoms with E-state index in [0.717, 1.165) is 72.6 Å². The first-order chi connectivity index (χ1) is 16.7. The van der Waals surface area contributed by atoms with Gasteiger partial charge in [-0.25, -0.2) is 15.0 Å². The normalized spacial score (nSPS) is 18.9. The number of aryl methyl sites for hydroxylation is 1. The molecule has 5 heterocycles. The molecular formula is C25H28N6O3. The number of aromatic nitrogens is 4. The number of benzene rings is 1. The number of hydrogen-bond acceptors (Lipinski definition) is 8. The summed E-state index contributed by atoms with van der Waals surface area (Å²) in [6, 6.07) is 12.2. The number of furan rings is 1. The summed E-state index contributed by atoms with van der Waals surface area (Å²) < 4.78 is 19.9. The molecule has 3 aromatic heterocycles. The minimum atomic E-state index is 0.0546. The molecule has 34 heavy (non-hydrogen) atoms. The van der Waals surface area contributed by atoms with Crippen molar-refractivity contribution < 1.29 is 13.9 Å². The maximum Gasteiger partial charge on any atom is 0.205 e. The third-order valence-electron chi connectivity index (χ3n) is 6.47. The minimum Gasteiger partial charge on any atom is -0.486 e. The van der Waals surface area contributed by atoms with Gasteiger partial charge in [-0.2, -0.15) is 0 Å². The van der Waals surface area contributed by atoms with Crippen LogP contribution >= 0.6 is 0 Å². The van der Waals surface area contributed by atoms with Crippen LogP contribution < -0.4 is 14.8 Å². The number of fused-ring (bicyclic) bond motifs is 2. The van der Waals surface area contributed by atoms with Crippen molar-refractivity contribution in [1.82, 2.24) is 24.4 Å². The molecule has 0 amide bonds. The molecule has 1 atom stereocenters. The Hall–Kier alpha value is -3.59. The average molecular weight is 461 g/mol. The maximum absolute atomic E-state index is 6.15. The van der Waals surface area contributed by atoms with E-state index in [-0.39, 0.29) is 6.10 Å². The zero-order valence-electron chi connectivity index (χ0n) is 19.2. The van der Waals surface area contributed by atoms with E-state index < -0.39 is 0 Å². The number of nitrogens with zero attached hydrogens (tertiary/aromatic N) is 5. The molecule has 6 rings (SSSR count). The third-order valence-corrected chi connectivity index (χ3v) is 6.47. The number of nitrogens with one attached hydrogen (secondary N) is 1.